The molecule has 3 aromatic rings. The van der Waals surface area contributed by atoms with Gasteiger partial charge in [0.25, 0.3) is 11.1 Å². The molecule has 148 valence electrons. The van der Waals surface area contributed by atoms with Crippen LogP contribution in [0.3, 0.4) is 0 Å². The zero-order valence-corrected chi connectivity index (χ0v) is 17.1. The fourth-order valence-electron chi connectivity index (χ4n) is 2.80. The standard InChI is InChI=1S/C18H18FIN4O4/c1-23-15(27)7-14(22-13-3-2-10(20)6-12(13)19)16-17(23)21-9-24(18(16)28)8-11(26)4-5-25/h2-3,6-7,9,11,22,25-26H,4-5,8H2,1H3/t11-/m0/s1. The number of aliphatic hydroxyl groups is 2. The van der Waals surface area contributed by atoms with Gasteiger partial charge in [-0.1, -0.05) is 0 Å². The molecule has 0 aliphatic heterocycles. The van der Waals surface area contributed by atoms with E-state index in [-0.39, 0.29) is 42.0 Å². The maximum Gasteiger partial charge on any atom is 0.264 e. The number of pyridine rings is 1. The highest BCUT2D eigenvalue weighted by Gasteiger charge is 2.16. The van der Waals surface area contributed by atoms with Crippen LogP contribution in [-0.2, 0) is 13.6 Å². The molecular formula is C18H18FIN4O4. The predicted octanol–water partition coefficient (Wildman–Crippen LogP) is 1.33. The van der Waals surface area contributed by atoms with E-state index in [9.17, 15) is 19.1 Å². The van der Waals surface area contributed by atoms with Gasteiger partial charge >= 0.3 is 0 Å². The first-order valence-corrected chi connectivity index (χ1v) is 9.50. The average Bonchev–Trinajstić information content (AvgIpc) is 2.63. The Morgan fingerprint density at radius 1 is 1.29 bits per heavy atom. The molecule has 0 saturated carbocycles. The number of hydrogen-bond acceptors (Lipinski definition) is 6. The number of benzene rings is 1. The van der Waals surface area contributed by atoms with Crippen LogP contribution in [0.15, 0.2) is 40.2 Å². The molecule has 0 radical (unpaired) electrons. The Labute approximate surface area is 172 Å². The van der Waals surface area contributed by atoms with Crippen molar-refractivity contribution in [3.63, 3.8) is 0 Å². The maximum absolute atomic E-state index is 14.2. The summed E-state index contributed by atoms with van der Waals surface area (Å²) in [5.74, 6) is -0.525. The van der Waals surface area contributed by atoms with Gasteiger partial charge in [0, 0.05) is 23.3 Å². The van der Waals surface area contributed by atoms with Crippen molar-refractivity contribution in [3.8, 4) is 0 Å². The number of anilines is 2. The SMILES string of the molecule is Cn1c(=O)cc(Nc2ccc(I)cc2F)c2c(=O)n(C[C@@H](O)CCO)cnc21. The van der Waals surface area contributed by atoms with Gasteiger partial charge < -0.3 is 15.5 Å². The summed E-state index contributed by atoms with van der Waals surface area (Å²) in [6.45, 7) is -0.285. The van der Waals surface area contributed by atoms with Gasteiger partial charge in [-0.15, -0.1) is 0 Å². The fourth-order valence-corrected chi connectivity index (χ4v) is 3.25. The number of aromatic nitrogens is 3. The Hall–Kier alpha value is -2.31. The number of hydrogen-bond donors (Lipinski definition) is 3. The van der Waals surface area contributed by atoms with Gasteiger partial charge in [0.2, 0.25) is 0 Å². The summed E-state index contributed by atoms with van der Waals surface area (Å²) in [6, 6.07) is 5.74. The molecule has 0 unspecified atom stereocenters. The molecule has 3 rings (SSSR count). The fraction of sp³-hybridized carbons (Fsp3) is 0.278. The Kier molecular flexibility index (Phi) is 6.10. The van der Waals surface area contributed by atoms with Crippen LogP contribution in [0, 0.1) is 9.39 Å². The van der Waals surface area contributed by atoms with E-state index >= 15 is 0 Å². The summed E-state index contributed by atoms with van der Waals surface area (Å²) < 4.78 is 17.4. The number of halogens is 2. The lowest BCUT2D eigenvalue weighted by Gasteiger charge is -2.15. The van der Waals surface area contributed by atoms with Gasteiger partial charge in [-0.25, -0.2) is 9.37 Å². The summed E-state index contributed by atoms with van der Waals surface area (Å²) in [5, 5.41) is 21.7. The van der Waals surface area contributed by atoms with E-state index in [1.165, 1.54) is 40.7 Å². The van der Waals surface area contributed by atoms with E-state index in [0.29, 0.717) is 3.57 Å². The molecule has 0 spiro atoms. The van der Waals surface area contributed by atoms with E-state index in [2.05, 4.69) is 10.3 Å². The maximum atomic E-state index is 14.2. The van der Waals surface area contributed by atoms with Crippen molar-refractivity contribution >= 4 is 45.0 Å². The summed E-state index contributed by atoms with van der Waals surface area (Å²) >= 11 is 1.98. The summed E-state index contributed by atoms with van der Waals surface area (Å²) in [4.78, 5) is 29.4. The number of nitrogens with zero attached hydrogens (tertiary/aromatic N) is 3. The van der Waals surface area contributed by atoms with Crippen molar-refractivity contribution in [2.75, 3.05) is 11.9 Å². The van der Waals surface area contributed by atoms with Crippen molar-refractivity contribution in [2.24, 2.45) is 7.05 Å². The smallest absolute Gasteiger partial charge is 0.264 e. The molecule has 2 heterocycles. The molecule has 0 amide bonds. The van der Waals surface area contributed by atoms with E-state index in [0.717, 1.165) is 0 Å². The molecule has 1 aromatic carbocycles. The largest absolute Gasteiger partial charge is 0.396 e. The van der Waals surface area contributed by atoms with Crippen molar-refractivity contribution in [1.82, 2.24) is 14.1 Å². The first-order valence-electron chi connectivity index (χ1n) is 8.42. The summed E-state index contributed by atoms with van der Waals surface area (Å²) in [6.07, 6.45) is 0.413. The predicted molar refractivity (Wildman–Crippen MR) is 111 cm³/mol. The van der Waals surface area contributed by atoms with Gasteiger partial charge in [-0.2, -0.15) is 0 Å². The lowest BCUT2D eigenvalue weighted by molar-refractivity contribution is 0.116. The van der Waals surface area contributed by atoms with Crippen molar-refractivity contribution in [3.05, 3.63) is 60.7 Å². The van der Waals surface area contributed by atoms with Crippen molar-refractivity contribution in [1.29, 1.82) is 0 Å². The van der Waals surface area contributed by atoms with E-state index in [1.54, 1.807) is 6.07 Å². The minimum atomic E-state index is -0.931. The van der Waals surface area contributed by atoms with Crippen LogP contribution >= 0.6 is 22.6 Å². The van der Waals surface area contributed by atoms with Gasteiger partial charge in [-0.3, -0.25) is 18.7 Å². The molecule has 1 atom stereocenters. The highest BCUT2D eigenvalue weighted by Crippen LogP contribution is 2.24. The summed E-state index contributed by atoms with van der Waals surface area (Å²) in [5.41, 5.74) is -0.525. The van der Waals surface area contributed by atoms with Crippen LogP contribution in [0.5, 0.6) is 0 Å². The van der Waals surface area contributed by atoms with Crippen LogP contribution in [-0.4, -0.2) is 37.0 Å². The van der Waals surface area contributed by atoms with Gasteiger partial charge in [0.1, 0.15) is 11.2 Å². The molecule has 0 saturated heterocycles. The van der Waals surface area contributed by atoms with Gasteiger partial charge in [-0.05, 0) is 47.2 Å². The quantitative estimate of drug-likeness (QED) is 0.441. The third-order valence-corrected chi connectivity index (χ3v) is 4.94. The van der Waals surface area contributed by atoms with Crippen LogP contribution < -0.4 is 16.4 Å². The molecule has 0 fully saturated rings. The third kappa shape index (κ3) is 4.08. The Bertz CT molecular complexity index is 1140. The van der Waals surface area contributed by atoms with Gasteiger partial charge in [0.05, 0.1) is 30.4 Å². The summed E-state index contributed by atoms with van der Waals surface area (Å²) in [7, 11) is 1.48. The van der Waals surface area contributed by atoms with Crippen LogP contribution in [0.2, 0.25) is 0 Å². The molecule has 0 aliphatic rings. The lowest BCUT2D eigenvalue weighted by Crippen LogP contribution is -2.30. The third-order valence-electron chi connectivity index (χ3n) is 4.27. The molecule has 3 N–H and O–H groups in total. The van der Waals surface area contributed by atoms with Gasteiger partial charge in [0.15, 0.2) is 5.65 Å². The topological polar surface area (TPSA) is 109 Å². The second kappa shape index (κ2) is 8.37. The number of aryl methyl sites for hydroxylation is 1. The Balaban J connectivity index is 2.16. The Morgan fingerprint density at radius 3 is 2.71 bits per heavy atom. The molecule has 8 nitrogen and oxygen atoms in total. The highest BCUT2D eigenvalue weighted by molar-refractivity contribution is 14.1. The number of nitrogens with one attached hydrogen (secondary N) is 1. The van der Waals surface area contributed by atoms with Crippen LogP contribution in [0.1, 0.15) is 6.42 Å². The van der Waals surface area contributed by atoms with Crippen molar-refractivity contribution < 1.29 is 14.6 Å². The molecular weight excluding hydrogens is 482 g/mol. The first kappa shape index (κ1) is 20.4. The highest BCUT2D eigenvalue weighted by atomic mass is 127. The molecule has 28 heavy (non-hydrogen) atoms. The van der Waals surface area contributed by atoms with E-state index in [1.807, 2.05) is 22.6 Å². The van der Waals surface area contributed by atoms with E-state index in [4.69, 9.17) is 5.11 Å². The average molecular weight is 500 g/mol. The zero-order valence-electron chi connectivity index (χ0n) is 14.9. The minimum Gasteiger partial charge on any atom is -0.396 e. The number of aliphatic hydroxyl groups excluding tert-OH is 2. The normalized spacial score (nSPS) is 12.3. The molecule has 2 aromatic heterocycles. The lowest BCUT2D eigenvalue weighted by atomic mass is 10.2. The second-order valence-electron chi connectivity index (χ2n) is 6.27. The van der Waals surface area contributed by atoms with Crippen LogP contribution in [0.25, 0.3) is 11.0 Å². The number of fused-ring (bicyclic) bond motifs is 1. The number of rotatable bonds is 6. The first-order chi connectivity index (χ1) is 13.3. The van der Waals surface area contributed by atoms with Crippen molar-refractivity contribution in [2.45, 2.75) is 19.1 Å². The Morgan fingerprint density at radius 2 is 2.04 bits per heavy atom. The molecule has 10 heteroatoms. The zero-order chi connectivity index (χ0) is 20.4. The van der Waals surface area contributed by atoms with E-state index < -0.39 is 23.0 Å². The molecule has 0 aliphatic carbocycles. The van der Waals surface area contributed by atoms with Crippen LogP contribution in [0.4, 0.5) is 15.8 Å². The monoisotopic (exact) mass is 500 g/mol. The molecule has 0 bridgehead atoms. The minimum absolute atomic E-state index is 0.0670. The second-order valence-corrected chi connectivity index (χ2v) is 7.52.